The van der Waals surface area contributed by atoms with Crippen LogP contribution in [0, 0.1) is 0 Å². The molecule has 1 unspecified atom stereocenters. The predicted octanol–water partition coefficient (Wildman–Crippen LogP) is 2.30. The number of likely N-dealkylation sites (tertiary alicyclic amines) is 1. The highest BCUT2D eigenvalue weighted by Crippen LogP contribution is 2.19. The van der Waals surface area contributed by atoms with Crippen LogP contribution in [0.15, 0.2) is 42.5 Å². The van der Waals surface area contributed by atoms with Gasteiger partial charge in [-0.05, 0) is 50.2 Å². The number of β-amino-alcohol motifs (C(OH)–C–C–N with tert-alkyl or cyclic N) is 1. The summed E-state index contributed by atoms with van der Waals surface area (Å²) in [6.45, 7) is 2.91. The highest BCUT2D eigenvalue weighted by molar-refractivity contribution is 5.95. The van der Waals surface area contributed by atoms with E-state index in [4.69, 9.17) is 5.73 Å². The Morgan fingerprint density at radius 3 is 2.63 bits per heavy atom. The Bertz CT molecular complexity index is 757. The Labute approximate surface area is 160 Å². The highest BCUT2D eigenvalue weighted by Gasteiger charge is 2.15. The van der Waals surface area contributed by atoms with E-state index in [9.17, 15) is 9.90 Å². The van der Waals surface area contributed by atoms with Gasteiger partial charge in [0.05, 0.1) is 11.8 Å². The van der Waals surface area contributed by atoms with Crippen molar-refractivity contribution in [3.63, 3.8) is 0 Å². The van der Waals surface area contributed by atoms with Crippen molar-refractivity contribution in [1.29, 1.82) is 0 Å². The summed E-state index contributed by atoms with van der Waals surface area (Å²) >= 11 is 0. The van der Waals surface area contributed by atoms with Crippen molar-refractivity contribution in [2.24, 2.45) is 0 Å². The van der Waals surface area contributed by atoms with Crippen LogP contribution >= 0.6 is 0 Å². The third-order valence-electron chi connectivity index (χ3n) is 4.86. The molecule has 0 radical (unpaired) electrons. The van der Waals surface area contributed by atoms with Gasteiger partial charge in [0.2, 0.25) is 0 Å². The Morgan fingerprint density at radius 2 is 1.89 bits per heavy atom. The number of rotatable bonds is 6. The number of benzene rings is 1. The fraction of sp³-hybridized carbons (Fsp3) is 0.429. The monoisotopic (exact) mass is 368 g/mol. The molecule has 1 aromatic carbocycles. The van der Waals surface area contributed by atoms with E-state index in [0.717, 1.165) is 24.3 Å². The average Bonchev–Trinajstić information content (AvgIpc) is 2.95. The van der Waals surface area contributed by atoms with Gasteiger partial charge in [-0.25, -0.2) is 4.98 Å². The minimum Gasteiger partial charge on any atom is -0.390 e. The summed E-state index contributed by atoms with van der Waals surface area (Å²) in [4.78, 5) is 19.0. The number of carbonyl (C=O) groups excluding carboxylic acids is 1. The number of aliphatic hydroxyl groups excluding tert-OH is 1. The van der Waals surface area contributed by atoms with E-state index in [1.54, 1.807) is 18.2 Å². The summed E-state index contributed by atoms with van der Waals surface area (Å²) in [6.07, 6.45) is 4.34. The number of nitrogens with two attached hydrogens (primary N) is 1. The summed E-state index contributed by atoms with van der Waals surface area (Å²) < 4.78 is 0. The van der Waals surface area contributed by atoms with Gasteiger partial charge < -0.3 is 21.1 Å². The molecule has 1 aromatic heterocycles. The van der Waals surface area contributed by atoms with Gasteiger partial charge in [-0.15, -0.1) is 0 Å². The molecule has 4 N–H and O–H groups in total. The number of nitrogens with zero attached hydrogens (tertiary/aromatic N) is 2. The number of nitrogen functional groups attached to an aromatic ring is 1. The largest absolute Gasteiger partial charge is 0.390 e. The van der Waals surface area contributed by atoms with E-state index in [2.05, 4.69) is 15.2 Å². The first kappa shape index (κ1) is 19.3. The van der Waals surface area contributed by atoms with Gasteiger partial charge in [-0.1, -0.05) is 31.0 Å². The number of anilines is 1. The molecule has 1 saturated heterocycles. The van der Waals surface area contributed by atoms with Gasteiger partial charge in [-0.3, -0.25) is 4.79 Å². The van der Waals surface area contributed by atoms with Gasteiger partial charge in [0, 0.05) is 24.2 Å². The van der Waals surface area contributed by atoms with Crippen LogP contribution in [0.25, 0.3) is 11.3 Å². The molecule has 3 rings (SSSR count). The first-order valence-corrected chi connectivity index (χ1v) is 9.63. The lowest BCUT2D eigenvalue weighted by Gasteiger charge is -2.23. The third kappa shape index (κ3) is 5.77. The van der Waals surface area contributed by atoms with Gasteiger partial charge in [0.1, 0.15) is 5.82 Å². The van der Waals surface area contributed by atoms with Gasteiger partial charge in [-0.2, -0.15) is 0 Å². The Morgan fingerprint density at radius 1 is 1.15 bits per heavy atom. The first-order chi connectivity index (χ1) is 13.1. The van der Waals surface area contributed by atoms with Crippen LogP contribution in [0.3, 0.4) is 0 Å². The van der Waals surface area contributed by atoms with Gasteiger partial charge >= 0.3 is 0 Å². The van der Waals surface area contributed by atoms with Gasteiger partial charge in [0.25, 0.3) is 5.91 Å². The molecule has 0 aliphatic carbocycles. The fourth-order valence-corrected chi connectivity index (χ4v) is 3.43. The van der Waals surface area contributed by atoms with Crippen molar-refractivity contribution in [2.75, 3.05) is 31.9 Å². The topological polar surface area (TPSA) is 91.5 Å². The number of nitrogens with one attached hydrogen (secondary N) is 1. The SMILES string of the molecule is Nc1cccc(-c2cccc(C(=O)NCC(O)CN3CCCCCC3)c2)n1. The highest BCUT2D eigenvalue weighted by atomic mass is 16.3. The van der Waals surface area contributed by atoms with E-state index in [1.165, 1.54) is 25.7 Å². The molecule has 1 atom stereocenters. The first-order valence-electron chi connectivity index (χ1n) is 9.63. The molecule has 144 valence electrons. The lowest BCUT2D eigenvalue weighted by atomic mass is 10.1. The maximum Gasteiger partial charge on any atom is 0.251 e. The molecule has 6 nitrogen and oxygen atoms in total. The molecule has 0 bridgehead atoms. The van der Waals surface area contributed by atoms with E-state index >= 15 is 0 Å². The Kier molecular flexibility index (Phi) is 6.79. The molecule has 1 aliphatic rings. The number of pyridine rings is 1. The molecule has 1 aliphatic heterocycles. The van der Waals surface area contributed by atoms with Crippen LogP contribution in [-0.2, 0) is 0 Å². The molecule has 6 heteroatoms. The molecule has 1 amide bonds. The van der Waals surface area contributed by atoms with Crippen LogP contribution in [0.4, 0.5) is 5.82 Å². The number of hydrogen-bond donors (Lipinski definition) is 3. The molecular formula is C21H28N4O2. The van der Waals surface area contributed by atoms with Gasteiger partial charge in [0.15, 0.2) is 0 Å². The van der Waals surface area contributed by atoms with Crippen LogP contribution < -0.4 is 11.1 Å². The zero-order chi connectivity index (χ0) is 19.1. The maximum atomic E-state index is 12.5. The summed E-state index contributed by atoms with van der Waals surface area (Å²) in [6, 6.07) is 12.7. The van der Waals surface area contributed by atoms with Crippen LogP contribution in [0.5, 0.6) is 0 Å². The van der Waals surface area contributed by atoms with Crippen molar-refractivity contribution in [2.45, 2.75) is 31.8 Å². The maximum absolute atomic E-state index is 12.5. The smallest absolute Gasteiger partial charge is 0.251 e. The molecule has 0 saturated carbocycles. The lowest BCUT2D eigenvalue weighted by molar-refractivity contribution is 0.0862. The summed E-state index contributed by atoms with van der Waals surface area (Å²) in [7, 11) is 0. The van der Waals surface area contributed by atoms with E-state index in [0.29, 0.717) is 17.9 Å². The Balaban J connectivity index is 1.55. The molecular weight excluding hydrogens is 340 g/mol. The summed E-state index contributed by atoms with van der Waals surface area (Å²) in [5, 5.41) is 13.1. The average molecular weight is 368 g/mol. The van der Waals surface area contributed by atoms with E-state index in [1.807, 2.05) is 24.3 Å². The molecule has 2 heterocycles. The fourth-order valence-electron chi connectivity index (χ4n) is 3.43. The molecule has 1 fully saturated rings. The standard InChI is InChI=1S/C21H28N4O2/c22-20-10-6-9-19(24-20)16-7-5-8-17(13-16)21(27)23-14-18(26)15-25-11-3-1-2-4-12-25/h5-10,13,18,26H,1-4,11-12,14-15H2,(H2,22,24)(H,23,27). The number of hydrogen-bond acceptors (Lipinski definition) is 5. The second-order valence-corrected chi connectivity index (χ2v) is 7.11. The van der Waals surface area contributed by atoms with Crippen molar-refractivity contribution in [1.82, 2.24) is 15.2 Å². The predicted molar refractivity (Wildman–Crippen MR) is 107 cm³/mol. The van der Waals surface area contributed by atoms with E-state index < -0.39 is 6.10 Å². The zero-order valence-corrected chi connectivity index (χ0v) is 15.6. The van der Waals surface area contributed by atoms with Crippen LogP contribution in [0.2, 0.25) is 0 Å². The zero-order valence-electron chi connectivity index (χ0n) is 15.6. The second-order valence-electron chi connectivity index (χ2n) is 7.11. The molecule has 27 heavy (non-hydrogen) atoms. The quantitative estimate of drug-likeness (QED) is 0.728. The number of amides is 1. The van der Waals surface area contributed by atoms with Crippen LogP contribution in [0.1, 0.15) is 36.0 Å². The van der Waals surface area contributed by atoms with Crippen molar-refractivity contribution < 1.29 is 9.90 Å². The summed E-state index contributed by atoms with van der Waals surface area (Å²) in [5.41, 5.74) is 7.84. The van der Waals surface area contributed by atoms with E-state index in [-0.39, 0.29) is 12.5 Å². The molecule has 0 spiro atoms. The van der Waals surface area contributed by atoms with Crippen molar-refractivity contribution in [3.05, 3.63) is 48.0 Å². The normalized spacial score (nSPS) is 16.5. The molecule has 2 aromatic rings. The van der Waals surface area contributed by atoms with Crippen LogP contribution in [-0.4, -0.2) is 53.2 Å². The number of carbonyl (C=O) groups is 1. The van der Waals surface area contributed by atoms with Crippen molar-refractivity contribution in [3.8, 4) is 11.3 Å². The minimum absolute atomic E-state index is 0.198. The second kappa shape index (κ2) is 9.48. The minimum atomic E-state index is -0.564. The lowest BCUT2D eigenvalue weighted by Crippen LogP contribution is -2.40. The number of aliphatic hydroxyl groups is 1. The summed E-state index contributed by atoms with van der Waals surface area (Å²) in [5.74, 6) is 0.245. The van der Waals surface area contributed by atoms with Crippen molar-refractivity contribution >= 4 is 11.7 Å². The third-order valence-corrected chi connectivity index (χ3v) is 4.86. The number of aromatic nitrogens is 1. The Hall–Kier alpha value is -2.44.